The largest absolute Gasteiger partial charge is 0.463 e. The number of hydrogen-bond donors (Lipinski definition) is 1. The van der Waals surface area contributed by atoms with E-state index in [9.17, 15) is 9.59 Å². The van der Waals surface area contributed by atoms with Gasteiger partial charge in [-0.15, -0.1) is 0 Å². The first kappa shape index (κ1) is 24.6. The third-order valence-corrected chi connectivity index (χ3v) is 5.60. The number of carbonyl (C=O) groups is 2. The fourth-order valence-electron chi connectivity index (χ4n) is 3.76. The fraction of sp³-hybridized carbons (Fsp3) is 0.481. The first-order chi connectivity index (χ1) is 14.8. The van der Waals surface area contributed by atoms with Crippen LogP contribution in [0.1, 0.15) is 70.9 Å². The molecule has 2 aromatic rings. The molecule has 0 saturated heterocycles. The molecule has 1 amide bonds. The van der Waals surface area contributed by atoms with Gasteiger partial charge < -0.3 is 10.1 Å². The molecule has 4 heteroatoms. The molecule has 168 valence electrons. The van der Waals surface area contributed by atoms with Crippen LogP contribution in [0.5, 0.6) is 0 Å². The standard InChI is InChI=1S/C27H37NO3/c1-5-6-7-8-9-23-10-14-25(15-11-23)26-16-12-24(13-17-26)18-19-27(4,28-21(2)29)20-31-22(3)30/h10-17H,5-9,18-20H2,1-4H3,(H,28,29). The molecular weight excluding hydrogens is 386 g/mol. The van der Waals surface area contributed by atoms with Crippen molar-refractivity contribution in [3.8, 4) is 11.1 Å². The molecule has 0 spiro atoms. The zero-order valence-corrected chi connectivity index (χ0v) is 19.5. The molecule has 31 heavy (non-hydrogen) atoms. The minimum absolute atomic E-state index is 0.126. The number of aryl methyl sites for hydroxylation is 2. The Morgan fingerprint density at radius 3 is 1.87 bits per heavy atom. The van der Waals surface area contributed by atoms with Gasteiger partial charge in [-0.25, -0.2) is 0 Å². The summed E-state index contributed by atoms with van der Waals surface area (Å²) in [6, 6.07) is 17.4. The van der Waals surface area contributed by atoms with Crippen LogP contribution in [0, 0.1) is 0 Å². The average molecular weight is 424 g/mol. The highest BCUT2D eigenvalue weighted by Gasteiger charge is 2.26. The van der Waals surface area contributed by atoms with Crippen molar-refractivity contribution in [1.29, 1.82) is 0 Å². The van der Waals surface area contributed by atoms with Gasteiger partial charge in [0.1, 0.15) is 6.61 Å². The maximum Gasteiger partial charge on any atom is 0.302 e. The summed E-state index contributed by atoms with van der Waals surface area (Å²) in [6.07, 6.45) is 7.78. The third-order valence-electron chi connectivity index (χ3n) is 5.60. The first-order valence-electron chi connectivity index (χ1n) is 11.4. The molecular formula is C27H37NO3. The second-order valence-corrected chi connectivity index (χ2v) is 8.73. The molecule has 2 rings (SSSR count). The maximum absolute atomic E-state index is 11.6. The van der Waals surface area contributed by atoms with Crippen LogP contribution in [0.2, 0.25) is 0 Å². The highest BCUT2D eigenvalue weighted by atomic mass is 16.5. The lowest BCUT2D eigenvalue weighted by Crippen LogP contribution is -2.49. The number of benzene rings is 2. The Kier molecular flexibility index (Phi) is 9.77. The van der Waals surface area contributed by atoms with Gasteiger partial charge in [-0.05, 0) is 54.9 Å². The Balaban J connectivity index is 1.94. The Labute approximate surface area is 187 Å². The van der Waals surface area contributed by atoms with E-state index >= 15 is 0 Å². The second kappa shape index (κ2) is 12.3. The Morgan fingerprint density at radius 2 is 1.39 bits per heavy atom. The zero-order chi connectivity index (χ0) is 22.7. The minimum Gasteiger partial charge on any atom is -0.463 e. The van der Waals surface area contributed by atoms with Gasteiger partial charge in [-0.3, -0.25) is 9.59 Å². The smallest absolute Gasteiger partial charge is 0.302 e. The van der Waals surface area contributed by atoms with Crippen molar-refractivity contribution < 1.29 is 14.3 Å². The van der Waals surface area contributed by atoms with Crippen molar-refractivity contribution in [2.45, 2.75) is 78.2 Å². The SMILES string of the molecule is CCCCCCc1ccc(-c2ccc(CCC(C)(COC(C)=O)NC(C)=O)cc2)cc1. The van der Waals surface area contributed by atoms with Crippen LogP contribution in [0.25, 0.3) is 11.1 Å². The summed E-state index contributed by atoms with van der Waals surface area (Å²) in [6.45, 7) is 7.19. The Hall–Kier alpha value is -2.62. The number of ether oxygens (including phenoxy) is 1. The van der Waals surface area contributed by atoms with Crippen molar-refractivity contribution in [2.24, 2.45) is 0 Å². The molecule has 0 aromatic heterocycles. The summed E-state index contributed by atoms with van der Waals surface area (Å²) < 4.78 is 5.17. The molecule has 4 nitrogen and oxygen atoms in total. The van der Waals surface area contributed by atoms with Crippen molar-refractivity contribution in [2.75, 3.05) is 6.61 Å². The average Bonchev–Trinajstić information content (AvgIpc) is 2.74. The minimum atomic E-state index is -0.580. The van der Waals surface area contributed by atoms with E-state index in [2.05, 4.69) is 60.8 Å². The molecule has 0 fully saturated rings. The maximum atomic E-state index is 11.6. The summed E-state index contributed by atoms with van der Waals surface area (Å²) in [5.41, 5.74) is 4.44. The van der Waals surface area contributed by atoms with Gasteiger partial charge in [-0.2, -0.15) is 0 Å². The number of carbonyl (C=O) groups excluding carboxylic acids is 2. The van der Waals surface area contributed by atoms with Gasteiger partial charge in [-0.1, -0.05) is 74.7 Å². The molecule has 0 aliphatic carbocycles. The van der Waals surface area contributed by atoms with Gasteiger partial charge >= 0.3 is 5.97 Å². The van der Waals surface area contributed by atoms with Crippen molar-refractivity contribution in [1.82, 2.24) is 5.32 Å². The number of hydrogen-bond acceptors (Lipinski definition) is 3. The molecule has 0 aliphatic rings. The van der Waals surface area contributed by atoms with E-state index in [0.29, 0.717) is 6.42 Å². The lowest BCUT2D eigenvalue weighted by Gasteiger charge is -2.30. The van der Waals surface area contributed by atoms with E-state index < -0.39 is 5.54 Å². The Bertz CT molecular complexity index is 827. The summed E-state index contributed by atoms with van der Waals surface area (Å²) in [5, 5.41) is 2.93. The predicted molar refractivity (Wildman–Crippen MR) is 127 cm³/mol. The van der Waals surface area contributed by atoms with Gasteiger partial charge in [0.2, 0.25) is 5.91 Å². The van der Waals surface area contributed by atoms with E-state index in [-0.39, 0.29) is 18.5 Å². The van der Waals surface area contributed by atoms with Crippen LogP contribution in [0.3, 0.4) is 0 Å². The van der Waals surface area contributed by atoms with Crippen molar-refractivity contribution in [3.63, 3.8) is 0 Å². The molecule has 2 aromatic carbocycles. The van der Waals surface area contributed by atoms with Gasteiger partial charge in [0.25, 0.3) is 0 Å². The van der Waals surface area contributed by atoms with Gasteiger partial charge in [0, 0.05) is 13.8 Å². The number of amides is 1. The molecule has 0 saturated carbocycles. The first-order valence-corrected chi connectivity index (χ1v) is 11.4. The van der Waals surface area contributed by atoms with Gasteiger partial charge in [0.05, 0.1) is 5.54 Å². The Morgan fingerprint density at radius 1 is 0.839 bits per heavy atom. The predicted octanol–water partition coefficient (Wildman–Crippen LogP) is 5.87. The molecule has 1 atom stereocenters. The molecule has 0 bridgehead atoms. The van der Waals surface area contributed by atoms with E-state index in [0.717, 1.165) is 12.8 Å². The second-order valence-electron chi connectivity index (χ2n) is 8.73. The molecule has 1 N–H and O–H groups in total. The summed E-state index contributed by atoms with van der Waals surface area (Å²) >= 11 is 0. The summed E-state index contributed by atoms with van der Waals surface area (Å²) in [5.74, 6) is -0.466. The topological polar surface area (TPSA) is 55.4 Å². The number of unbranched alkanes of at least 4 members (excludes halogenated alkanes) is 3. The monoisotopic (exact) mass is 423 g/mol. The molecule has 0 aliphatic heterocycles. The quantitative estimate of drug-likeness (QED) is 0.343. The van der Waals surface area contributed by atoms with Crippen LogP contribution in [0.15, 0.2) is 48.5 Å². The number of esters is 1. The third kappa shape index (κ3) is 8.95. The summed E-state index contributed by atoms with van der Waals surface area (Å²) in [7, 11) is 0. The van der Waals surface area contributed by atoms with E-state index in [1.165, 1.54) is 61.8 Å². The van der Waals surface area contributed by atoms with Crippen LogP contribution in [-0.2, 0) is 27.2 Å². The highest BCUT2D eigenvalue weighted by molar-refractivity contribution is 5.74. The molecule has 0 radical (unpaired) electrons. The highest BCUT2D eigenvalue weighted by Crippen LogP contribution is 2.23. The van der Waals surface area contributed by atoms with Crippen LogP contribution in [-0.4, -0.2) is 24.0 Å². The van der Waals surface area contributed by atoms with Crippen LogP contribution >= 0.6 is 0 Å². The molecule has 0 heterocycles. The van der Waals surface area contributed by atoms with E-state index in [4.69, 9.17) is 4.74 Å². The van der Waals surface area contributed by atoms with Crippen LogP contribution in [0.4, 0.5) is 0 Å². The van der Waals surface area contributed by atoms with Crippen molar-refractivity contribution >= 4 is 11.9 Å². The lowest BCUT2D eigenvalue weighted by molar-refractivity contribution is -0.144. The summed E-state index contributed by atoms with van der Waals surface area (Å²) in [4.78, 5) is 22.8. The van der Waals surface area contributed by atoms with Gasteiger partial charge in [0.15, 0.2) is 0 Å². The van der Waals surface area contributed by atoms with Crippen LogP contribution < -0.4 is 5.32 Å². The van der Waals surface area contributed by atoms with Crippen molar-refractivity contribution in [3.05, 3.63) is 59.7 Å². The fourth-order valence-corrected chi connectivity index (χ4v) is 3.76. The van der Waals surface area contributed by atoms with E-state index in [1.54, 1.807) is 0 Å². The lowest BCUT2D eigenvalue weighted by atomic mass is 9.93. The molecule has 1 unspecified atom stereocenters. The van der Waals surface area contributed by atoms with E-state index in [1.807, 2.05) is 6.92 Å². The normalized spacial score (nSPS) is 12.8. The number of rotatable bonds is 12. The number of nitrogens with one attached hydrogen (secondary N) is 1. The zero-order valence-electron chi connectivity index (χ0n) is 19.5.